The summed E-state index contributed by atoms with van der Waals surface area (Å²) in [5.74, 6) is 0.397. The maximum Gasteiger partial charge on any atom is 0.331 e. The third-order valence-corrected chi connectivity index (χ3v) is 13.0. The van der Waals surface area contributed by atoms with Gasteiger partial charge in [0.15, 0.2) is 8.32 Å². The molecule has 0 aliphatic rings. The predicted octanol–water partition coefficient (Wildman–Crippen LogP) is 8.58. The number of ether oxygens (including phenoxy) is 2. The number of aliphatic hydroxyl groups is 1. The third kappa shape index (κ3) is 11.8. The molecular formula is C42H53NO5Si. The van der Waals surface area contributed by atoms with Gasteiger partial charge < -0.3 is 24.7 Å². The summed E-state index contributed by atoms with van der Waals surface area (Å²) in [6, 6.07) is 34.0. The quantitative estimate of drug-likeness (QED) is 0.0589. The molecule has 1 atom stereocenters. The molecule has 7 heteroatoms. The average molecular weight is 680 g/mol. The maximum atomic E-state index is 12.3. The van der Waals surface area contributed by atoms with Gasteiger partial charge in [-0.1, -0.05) is 105 Å². The number of hydrogen-bond donors (Lipinski definition) is 3. The molecule has 0 aliphatic carbocycles. The first-order valence-corrected chi connectivity index (χ1v) is 20.0. The summed E-state index contributed by atoms with van der Waals surface area (Å²) in [5, 5.41) is 13.9. The zero-order valence-electron chi connectivity index (χ0n) is 29.9. The van der Waals surface area contributed by atoms with E-state index in [1.165, 1.54) is 6.08 Å². The van der Waals surface area contributed by atoms with E-state index in [4.69, 9.17) is 9.47 Å². The summed E-state index contributed by atoms with van der Waals surface area (Å²) in [6.07, 6.45) is 4.84. The van der Waals surface area contributed by atoms with Crippen molar-refractivity contribution in [1.29, 1.82) is 0 Å². The van der Waals surface area contributed by atoms with Gasteiger partial charge in [-0.15, -0.1) is 0 Å². The molecule has 0 fully saturated rings. The number of esters is 1. The lowest BCUT2D eigenvalue weighted by Gasteiger charge is -2.39. The monoisotopic (exact) mass is 679 g/mol. The number of benzene rings is 4. The van der Waals surface area contributed by atoms with Crippen molar-refractivity contribution >= 4 is 20.4 Å². The molecule has 3 N–H and O–H groups in total. The van der Waals surface area contributed by atoms with Gasteiger partial charge in [0.2, 0.25) is 0 Å². The number of carbonyl (C=O) groups is 1. The minimum Gasteiger partial charge on any atom is -0.489 e. The molecule has 0 bridgehead atoms. The van der Waals surface area contributed by atoms with Crippen LogP contribution in [0.1, 0.15) is 73.4 Å². The molecule has 0 amide bonds. The summed E-state index contributed by atoms with van der Waals surface area (Å²) in [6.45, 7) is 14.0. The summed E-state index contributed by atoms with van der Waals surface area (Å²) in [7, 11) is -2.49. The maximum absolute atomic E-state index is 12.3. The smallest absolute Gasteiger partial charge is 0.331 e. The first-order valence-electron chi connectivity index (χ1n) is 17.1. The van der Waals surface area contributed by atoms with E-state index in [9.17, 15) is 14.7 Å². The van der Waals surface area contributed by atoms with Gasteiger partial charge in [0, 0.05) is 23.7 Å². The SMILES string of the molecule is CC(C)(Cc1cccc(/C=C/C(=O)OCc2ccccc2)c1)NC[C@H](CC(C)(C)[Si](C)(C)O)c1ccc(OCc2ccccc2)c(CO)c1. The Balaban J connectivity index is 1.44. The van der Waals surface area contributed by atoms with Gasteiger partial charge in [-0.3, -0.25) is 0 Å². The van der Waals surface area contributed by atoms with E-state index in [1.807, 2.05) is 92.0 Å². The van der Waals surface area contributed by atoms with Crippen LogP contribution in [-0.4, -0.2) is 36.3 Å². The van der Waals surface area contributed by atoms with Crippen molar-refractivity contribution in [1.82, 2.24) is 5.32 Å². The van der Waals surface area contributed by atoms with Crippen LogP contribution in [-0.2, 0) is 35.8 Å². The van der Waals surface area contributed by atoms with Gasteiger partial charge in [-0.2, -0.15) is 0 Å². The van der Waals surface area contributed by atoms with Crippen molar-refractivity contribution in [3.05, 3.63) is 143 Å². The van der Waals surface area contributed by atoms with E-state index >= 15 is 0 Å². The molecular weight excluding hydrogens is 627 g/mol. The van der Waals surface area contributed by atoms with Crippen LogP contribution in [0.3, 0.4) is 0 Å². The summed E-state index contributed by atoms with van der Waals surface area (Å²) < 4.78 is 11.5. The van der Waals surface area contributed by atoms with Gasteiger partial charge in [-0.25, -0.2) is 4.79 Å². The second kappa shape index (κ2) is 17.1. The average Bonchev–Trinajstić information content (AvgIpc) is 3.07. The van der Waals surface area contributed by atoms with Crippen LogP contribution < -0.4 is 10.1 Å². The Bertz CT molecular complexity index is 1660. The number of carbonyl (C=O) groups excluding carboxylic acids is 1. The molecule has 4 aromatic carbocycles. The molecule has 260 valence electrons. The standard InChI is InChI=1S/C42H53NO5Si/c1-41(2,26-35-19-13-18-32(24-35)20-23-40(45)48-31-34-16-11-8-12-17-34)43-28-38(27-42(3,4)49(5,6)46)36-21-22-39(37(25-36)29-44)47-30-33-14-9-7-10-15-33/h7-25,38,43-44,46H,26-31H2,1-6H3/b23-20+/t38-/m0/s1. The molecule has 0 spiro atoms. The van der Waals surface area contributed by atoms with Crippen LogP contribution >= 0.6 is 0 Å². The fourth-order valence-corrected chi connectivity index (χ4v) is 6.49. The number of aliphatic hydroxyl groups excluding tert-OH is 1. The van der Waals surface area contributed by atoms with Crippen LogP contribution in [0.4, 0.5) is 0 Å². The lowest BCUT2D eigenvalue weighted by Crippen LogP contribution is -2.45. The highest BCUT2D eigenvalue weighted by Crippen LogP contribution is 2.44. The Morgan fingerprint density at radius 1 is 0.837 bits per heavy atom. The molecule has 0 aliphatic heterocycles. The zero-order chi connectivity index (χ0) is 35.5. The largest absolute Gasteiger partial charge is 0.489 e. The predicted molar refractivity (Wildman–Crippen MR) is 202 cm³/mol. The van der Waals surface area contributed by atoms with E-state index in [-0.39, 0.29) is 35.7 Å². The van der Waals surface area contributed by atoms with Crippen molar-refractivity contribution in [3.63, 3.8) is 0 Å². The molecule has 0 unspecified atom stereocenters. The van der Waals surface area contributed by atoms with Gasteiger partial charge >= 0.3 is 5.97 Å². The highest BCUT2D eigenvalue weighted by molar-refractivity contribution is 6.72. The van der Waals surface area contributed by atoms with E-state index < -0.39 is 8.32 Å². The third-order valence-electron chi connectivity index (χ3n) is 9.44. The van der Waals surface area contributed by atoms with Crippen molar-refractivity contribution in [3.8, 4) is 5.75 Å². The molecule has 4 aromatic rings. The van der Waals surface area contributed by atoms with Crippen LogP contribution in [0.15, 0.2) is 109 Å². The van der Waals surface area contributed by atoms with Crippen LogP contribution in [0.5, 0.6) is 5.75 Å². The molecule has 0 heterocycles. The zero-order valence-corrected chi connectivity index (χ0v) is 30.9. The summed E-state index contributed by atoms with van der Waals surface area (Å²) >= 11 is 0. The second-order valence-corrected chi connectivity index (χ2v) is 19.2. The van der Waals surface area contributed by atoms with Gasteiger partial charge in [-0.05, 0) is 96.8 Å². The summed E-state index contributed by atoms with van der Waals surface area (Å²) in [5.41, 5.74) is 5.73. The Kier molecular flexibility index (Phi) is 13.2. The molecule has 0 radical (unpaired) electrons. The van der Waals surface area contributed by atoms with Gasteiger partial charge in [0.25, 0.3) is 0 Å². The summed E-state index contributed by atoms with van der Waals surface area (Å²) in [4.78, 5) is 23.5. The second-order valence-electron chi connectivity index (χ2n) is 14.8. The lowest BCUT2D eigenvalue weighted by atomic mass is 9.87. The fraction of sp³-hybridized carbons (Fsp3) is 0.357. The number of rotatable bonds is 17. The Hall–Kier alpha value is -4.01. The van der Waals surface area contributed by atoms with E-state index in [2.05, 4.69) is 57.3 Å². The Morgan fingerprint density at radius 2 is 1.47 bits per heavy atom. The van der Waals surface area contributed by atoms with E-state index in [0.29, 0.717) is 18.9 Å². The highest BCUT2D eigenvalue weighted by Gasteiger charge is 2.40. The first-order chi connectivity index (χ1) is 23.2. The minimum atomic E-state index is -2.49. The van der Waals surface area contributed by atoms with Gasteiger partial charge in [0.05, 0.1) is 6.61 Å². The molecule has 6 nitrogen and oxygen atoms in total. The van der Waals surface area contributed by atoms with Crippen molar-refractivity contribution in [2.45, 2.75) is 89.9 Å². The van der Waals surface area contributed by atoms with E-state index in [0.717, 1.165) is 46.2 Å². The molecule has 0 aromatic heterocycles. The minimum absolute atomic E-state index is 0.0952. The molecule has 0 saturated carbocycles. The number of nitrogens with one attached hydrogen (secondary N) is 1. The fourth-order valence-electron chi connectivity index (χ4n) is 5.75. The normalized spacial score (nSPS) is 13.0. The first kappa shape index (κ1) is 37.8. The molecule has 49 heavy (non-hydrogen) atoms. The Morgan fingerprint density at radius 3 is 2.10 bits per heavy atom. The van der Waals surface area contributed by atoms with Crippen LogP contribution in [0.2, 0.25) is 18.1 Å². The molecule has 4 rings (SSSR count). The highest BCUT2D eigenvalue weighted by atomic mass is 28.4. The molecule has 0 saturated heterocycles. The van der Waals surface area contributed by atoms with Crippen molar-refractivity contribution in [2.24, 2.45) is 0 Å². The number of hydrogen-bond acceptors (Lipinski definition) is 6. The van der Waals surface area contributed by atoms with Crippen LogP contribution in [0.25, 0.3) is 6.08 Å². The van der Waals surface area contributed by atoms with Crippen molar-refractivity contribution in [2.75, 3.05) is 6.54 Å². The van der Waals surface area contributed by atoms with Crippen molar-refractivity contribution < 1.29 is 24.2 Å². The topological polar surface area (TPSA) is 88.0 Å². The van der Waals surface area contributed by atoms with Crippen LogP contribution in [0, 0.1) is 0 Å². The van der Waals surface area contributed by atoms with Gasteiger partial charge in [0.1, 0.15) is 19.0 Å². The van der Waals surface area contributed by atoms with E-state index in [1.54, 1.807) is 6.08 Å². The Labute approximate surface area is 294 Å². The lowest BCUT2D eigenvalue weighted by molar-refractivity contribution is -0.138.